The largest absolute Gasteiger partial charge is 0.361 e. The van der Waals surface area contributed by atoms with Crippen molar-refractivity contribution in [1.29, 1.82) is 0 Å². The van der Waals surface area contributed by atoms with E-state index < -0.39 is 5.82 Å². The SMILES string of the molecule is Cc1noc(C)c1CN1CCC(NC(=O)Cc2cc(F)cc(Cl)c2)CCC1=O. The maximum atomic E-state index is 13.4. The number of hydrogen-bond acceptors (Lipinski definition) is 4. The molecule has 6 nitrogen and oxygen atoms in total. The van der Waals surface area contributed by atoms with E-state index in [1.807, 2.05) is 13.8 Å². The Morgan fingerprint density at radius 2 is 2.14 bits per heavy atom. The van der Waals surface area contributed by atoms with E-state index >= 15 is 0 Å². The Kier molecular flexibility index (Phi) is 6.34. The molecule has 8 heteroatoms. The zero-order valence-corrected chi connectivity index (χ0v) is 16.7. The summed E-state index contributed by atoms with van der Waals surface area (Å²) in [7, 11) is 0. The molecule has 0 saturated carbocycles. The first-order valence-corrected chi connectivity index (χ1v) is 9.63. The molecule has 1 aromatic carbocycles. The summed E-state index contributed by atoms with van der Waals surface area (Å²) in [4.78, 5) is 26.6. The van der Waals surface area contributed by atoms with E-state index in [2.05, 4.69) is 10.5 Å². The summed E-state index contributed by atoms with van der Waals surface area (Å²) in [5.41, 5.74) is 2.24. The lowest BCUT2D eigenvalue weighted by Crippen LogP contribution is -2.36. The van der Waals surface area contributed by atoms with E-state index in [4.69, 9.17) is 16.1 Å². The van der Waals surface area contributed by atoms with Gasteiger partial charge < -0.3 is 14.7 Å². The molecule has 0 bridgehead atoms. The first-order chi connectivity index (χ1) is 13.3. The van der Waals surface area contributed by atoms with E-state index in [-0.39, 0.29) is 29.3 Å². The third kappa shape index (κ3) is 5.10. The van der Waals surface area contributed by atoms with Crippen molar-refractivity contribution in [2.24, 2.45) is 0 Å². The molecule has 2 heterocycles. The molecule has 2 amide bonds. The minimum absolute atomic E-state index is 0.0463. The molecule has 1 saturated heterocycles. The summed E-state index contributed by atoms with van der Waals surface area (Å²) >= 11 is 5.83. The molecule has 1 unspecified atom stereocenters. The molecule has 1 aliphatic heterocycles. The van der Waals surface area contributed by atoms with Gasteiger partial charge in [-0.1, -0.05) is 16.8 Å². The number of aryl methyl sites for hydroxylation is 2. The van der Waals surface area contributed by atoms with E-state index in [1.54, 1.807) is 11.0 Å². The van der Waals surface area contributed by atoms with Crippen LogP contribution in [0.2, 0.25) is 5.02 Å². The van der Waals surface area contributed by atoms with Gasteiger partial charge in [-0.2, -0.15) is 0 Å². The first-order valence-electron chi connectivity index (χ1n) is 9.25. The first kappa shape index (κ1) is 20.3. The van der Waals surface area contributed by atoms with Crippen molar-refractivity contribution >= 4 is 23.4 Å². The number of rotatable bonds is 5. The highest BCUT2D eigenvalue weighted by molar-refractivity contribution is 6.30. The van der Waals surface area contributed by atoms with Gasteiger partial charge in [0.2, 0.25) is 11.8 Å². The molecule has 1 atom stereocenters. The Hall–Kier alpha value is -2.41. The van der Waals surface area contributed by atoms with Gasteiger partial charge in [-0.05, 0) is 50.5 Å². The van der Waals surface area contributed by atoms with Gasteiger partial charge in [-0.15, -0.1) is 0 Å². The van der Waals surface area contributed by atoms with Crippen LogP contribution in [-0.2, 0) is 22.6 Å². The fraction of sp³-hybridized carbons (Fsp3) is 0.450. The summed E-state index contributed by atoms with van der Waals surface area (Å²) in [6, 6.07) is 3.97. The van der Waals surface area contributed by atoms with Gasteiger partial charge in [-0.25, -0.2) is 4.39 Å². The number of nitrogens with one attached hydrogen (secondary N) is 1. The molecular formula is C20H23ClFN3O3. The van der Waals surface area contributed by atoms with Crippen LogP contribution in [0.3, 0.4) is 0 Å². The third-order valence-electron chi connectivity index (χ3n) is 4.99. The highest BCUT2D eigenvalue weighted by Crippen LogP contribution is 2.20. The average molecular weight is 408 g/mol. The molecule has 0 radical (unpaired) electrons. The molecule has 1 N–H and O–H groups in total. The van der Waals surface area contributed by atoms with Crippen LogP contribution in [0.1, 0.15) is 41.8 Å². The highest BCUT2D eigenvalue weighted by atomic mass is 35.5. The van der Waals surface area contributed by atoms with Gasteiger partial charge in [-0.3, -0.25) is 9.59 Å². The second-order valence-corrected chi connectivity index (χ2v) is 7.60. The minimum Gasteiger partial charge on any atom is -0.361 e. The third-order valence-corrected chi connectivity index (χ3v) is 5.21. The second-order valence-electron chi connectivity index (χ2n) is 7.16. The lowest BCUT2D eigenvalue weighted by molar-refractivity contribution is -0.131. The number of likely N-dealkylation sites (tertiary alicyclic amines) is 1. The fourth-order valence-electron chi connectivity index (χ4n) is 3.44. The van der Waals surface area contributed by atoms with Crippen molar-refractivity contribution in [2.75, 3.05) is 6.54 Å². The molecule has 1 fully saturated rings. The van der Waals surface area contributed by atoms with Crippen molar-refractivity contribution in [1.82, 2.24) is 15.4 Å². The van der Waals surface area contributed by atoms with Gasteiger partial charge in [0.25, 0.3) is 0 Å². The van der Waals surface area contributed by atoms with Crippen LogP contribution < -0.4 is 5.32 Å². The van der Waals surface area contributed by atoms with Crippen molar-refractivity contribution in [3.63, 3.8) is 0 Å². The smallest absolute Gasteiger partial charge is 0.224 e. The number of benzene rings is 1. The number of amides is 2. The minimum atomic E-state index is -0.467. The van der Waals surface area contributed by atoms with Crippen molar-refractivity contribution < 1.29 is 18.5 Å². The Balaban J connectivity index is 1.56. The van der Waals surface area contributed by atoms with Gasteiger partial charge >= 0.3 is 0 Å². The van der Waals surface area contributed by atoms with Crippen LogP contribution in [0.25, 0.3) is 0 Å². The van der Waals surface area contributed by atoms with Gasteiger partial charge in [0.05, 0.1) is 18.7 Å². The van der Waals surface area contributed by atoms with E-state index in [9.17, 15) is 14.0 Å². The standard InChI is InChI=1S/C20H23ClFN3O3/c1-12-18(13(2)28-24-12)11-25-6-5-17(3-4-20(25)27)23-19(26)9-14-7-15(21)10-16(22)8-14/h7-8,10,17H,3-6,9,11H2,1-2H3,(H,23,26). The van der Waals surface area contributed by atoms with Crippen molar-refractivity contribution in [3.8, 4) is 0 Å². The molecule has 150 valence electrons. The van der Waals surface area contributed by atoms with Crippen LogP contribution in [0.5, 0.6) is 0 Å². The Morgan fingerprint density at radius 3 is 2.82 bits per heavy atom. The molecule has 1 aliphatic rings. The van der Waals surface area contributed by atoms with Crippen molar-refractivity contribution in [3.05, 3.63) is 51.6 Å². The number of hydrogen-bond donors (Lipinski definition) is 1. The lowest BCUT2D eigenvalue weighted by Gasteiger charge is -2.21. The molecule has 0 aliphatic carbocycles. The van der Waals surface area contributed by atoms with E-state index in [0.29, 0.717) is 43.7 Å². The number of carbonyl (C=O) groups is 2. The predicted octanol–water partition coefficient (Wildman–Crippen LogP) is 3.32. The number of nitrogens with zero attached hydrogens (tertiary/aromatic N) is 2. The molecular weight excluding hydrogens is 385 g/mol. The summed E-state index contributed by atoms with van der Waals surface area (Å²) in [6.07, 6.45) is 1.64. The van der Waals surface area contributed by atoms with Gasteiger partial charge in [0.1, 0.15) is 11.6 Å². The second kappa shape index (κ2) is 8.73. The van der Waals surface area contributed by atoms with Crippen LogP contribution in [-0.4, -0.2) is 34.5 Å². The number of halogens is 2. The van der Waals surface area contributed by atoms with E-state index in [1.165, 1.54) is 12.1 Å². The van der Waals surface area contributed by atoms with Crippen LogP contribution in [0.4, 0.5) is 4.39 Å². The normalized spacial score (nSPS) is 17.5. The number of carbonyl (C=O) groups excluding carboxylic acids is 2. The van der Waals surface area contributed by atoms with Gasteiger partial charge in [0.15, 0.2) is 0 Å². The fourth-order valence-corrected chi connectivity index (χ4v) is 3.69. The molecule has 0 spiro atoms. The quantitative estimate of drug-likeness (QED) is 0.824. The van der Waals surface area contributed by atoms with Gasteiger partial charge in [0, 0.05) is 29.6 Å². The molecule has 3 rings (SSSR count). The zero-order valence-electron chi connectivity index (χ0n) is 15.9. The van der Waals surface area contributed by atoms with E-state index in [0.717, 1.165) is 11.3 Å². The summed E-state index contributed by atoms with van der Waals surface area (Å²) in [5.74, 6) is 0.0884. The lowest BCUT2D eigenvalue weighted by atomic mass is 10.1. The monoisotopic (exact) mass is 407 g/mol. The number of aromatic nitrogens is 1. The van der Waals surface area contributed by atoms with Crippen molar-refractivity contribution in [2.45, 2.75) is 52.1 Å². The Bertz CT molecular complexity index is 844. The summed E-state index contributed by atoms with van der Waals surface area (Å²) in [5, 5.41) is 7.15. The highest BCUT2D eigenvalue weighted by Gasteiger charge is 2.25. The van der Waals surface area contributed by atoms with Crippen LogP contribution >= 0.6 is 11.6 Å². The maximum absolute atomic E-state index is 13.4. The Morgan fingerprint density at radius 1 is 1.36 bits per heavy atom. The maximum Gasteiger partial charge on any atom is 0.224 e. The predicted molar refractivity (Wildman–Crippen MR) is 102 cm³/mol. The molecule has 1 aromatic heterocycles. The topological polar surface area (TPSA) is 75.4 Å². The Labute approximate surface area is 168 Å². The van der Waals surface area contributed by atoms with Crippen LogP contribution in [0.15, 0.2) is 22.7 Å². The van der Waals surface area contributed by atoms with Crippen LogP contribution in [0, 0.1) is 19.7 Å². The average Bonchev–Trinajstić information content (AvgIpc) is 2.81. The molecule has 28 heavy (non-hydrogen) atoms. The summed E-state index contributed by atoms with van der Waals surface area (Å²) < 4.78 is 18.6. The molecule has 2 aromatic rings. The summed E-state index contributed by atoms with van der Waals surface area (Å²) in [6.45, 7) is 4.69. The zero-order chi connectivity index (χ0) is 20.3.